The Balaban J connectivity index is 1.81. The molecule has 126 valence electrons. The van der Waals surface area contributed by atoms with E-state index in [9.17, 15) is 4.79 Å². The van der Waals surface area contributed by atoms with Gasteiger partial charge in [-0.05, 0) is 16.7 Å². The molecule has 0 spiro atoms. The van der Waals surface area contributed by atoms with Gasteiger partial charge in [0.05, 0.1) is 6.54 Å². The quantitative estimate of drug-likeness (QED) is 0.455. The first kappa shape index (κ1) is 16.9. The molecule has 0 unspecified atom stereocenters. The monoisotopic (exact) mass is 330 g/mol. The topological polar surface area (TPSA) is 23.6 Å². The van der Waals surface area contributed by atoms with Gasteiger partial charge in [0.1, 0.15) is 0 Å². The number of hydrazine groups is 1. The van der Waals surface area contributed by atoms with Gasteiger partial charge in [-0.3, -0.25) is 9.80 Å². The van der Waals surface area contributed by atoms with Crippen molar-refractivity contribution in [3.63, 3.8) is 0 Å². The molecule has 3 aromatic carbocycles. The van der Waals surface area contributed by atoms with Gasteiger partial charge in [0.2, 0.25) is 6.41 Å². The van der Waals surface area contributed by atoms with Crippen molar-refractivity contribution < 1.29 is 4.79 Å². The van der Waals surface area contributed by atoms with Gasteiger partial charge in [0.25, 0.3) is 0 Å². The van der Waals surface area contributed by atoms with Gasteiger partial charge < -0.3 is 0 Å². The van der Waals surface area contributed by atoms with Crippen LogP contribution in [-0.2, 0) is 24.4 Å². The van der Waals surface area contributed by atoms with Crippen LogP contribution in [0.15, 0.2) is 91.0 Å². The molecule has 0 saturated carbocycles. The molecule has 0 heterocycles. The second kappa shape index (κ2) is 8.81. The standard InChI is InChI=1S/C22H22N2O/c25-19-24(18-22-14-8-3-9-15-22)23(16-20-10-4-1-5-11-20)17-21-12-6-2-7-13-21/h1-15,19H,16-18H2. The number of hydrogen-bond acceptors (Lipinski definition) is 2. The molecule has 0 aliphatic carbocycles. The Bertz CT molecular complexity index is 718. The number of hydrogen-bond donors (Lipinski definition) is 0. The molecule has 3 nitrogen and oxygen atoms in total. The molecule has 25 heavy (non-hydrogen) atoms. The van der Waals surface area contributed by atoms with Crippen LogP contribution in [-0.4, -0.2) is 16.4 Å². The van der Waals surface area contributed by atoms with Crippen LogP contribution in [0.2, 0.25) is 0 Å². The highest BCUT2D eigenvalue weighted by molar-refractivity contribution is 5.46. The molecule has 3 heteroatoms. The van der Waals surface area contributed by atoms with E-state index < -0.39 is 0 Å². The third-order valence-corrected chi connectivity index (χ3v) is 4.09. The van der Waals surface area contributed by atoms with Gasteiger partial charge in [-0.25, -0.2) is 5.01 Å². The van der Waals surface area contributed by atoms with Crippen LogP contribution >= 0.6 is 0 Å². The van der Waals surface area contributed by atoms with E-state index in [1.807, 2.05) is 66.7 Å². The first-order valence-corrected chi connectivity index (χ1v) is 8.44. The summed E-state index contributed by atoms with van der Waals surface area (Å²) in [6.45, 7) is 1.92. The Morgan fingerprint density at radius 2 is 0.920 bits per heavy atom. The summed E-state index contributed by atoms with van der Waals surface area (Å²) >= 11 is 0. The van der Waals surface area contributed by atoms with Crippen molar-refractivity contribution >= 4 is 6.41 Å². The van der Waals surface area contributed by atoms with E-state index in [-0.39, 0.29) is 0 Å². The van der Waals surface area contributed by atoms with Crippen LogP contribution in [0.1, 0.15) is 16.7 Å². The van der Waals surface area contributed by atoms with Crippen molar-refractivity contribution in [3.05, 3.63) is 108 Å². The van der Waals surface area contributed by atoms with Crippen molar-refractivity contribution in [2.75, 3.05) is 0 Å². The zero-order valence-electron chi connectivity index (χ0n) is 14.2. The predicted octanol–water partition coefficient (Wildman–Crippen LogP) is 4.26. The highest BCUT2D eigenvalue weighted by Crippen LogP contribution is 2.14. The summed E-state index contributed by atoms with van der Waals surface area (Å²) in [5, 5.41) is 3.85. The molecule has 0 aliphatic rings. The fraction of sp³-hybridized carbons (Fsp3) is 0.136. The Morgan fingerprint density at radius 3 is 1.28 bits per heavy atom. The third kappa shape index (κ3) is 5.03. The van der Waals surface area contributed by atoms with Gasteiger partial charge >= 0.3 is 0 Å². The van der Waals surface area contributed by atoms with E-state index in [2.05, 4.69) is 29.3 Å². The largest absolute Gasteiger partial charge is 0.277 e. The summed E-state index contributed by atoms with van der Waals surface area (Å²) in [6.07, 6.45) is 0.916. The third-order valence-electron chi connectivity index (χ3n) is 4.09. The molecule has 0 atom stereocenters. The molecule has 3 aromatic rings. The molecular formula is C22H22N2O. The molecule has 0 aromatic heterocycles. The van der Waals surface area contributed by atoms with Crippen LogP contribution in [0, 0.1) is 0 Å². The normalized spacial score (nSPS) is 10.6. The maximum Gasteiger partial charge on any atom is 0.224 e. The van der Waals surface area contributed by atoms with Crippen LogP contribution in [0.25, 0.3) is 0 Å². The number of carbonyl (C=O) groups is 1. The highest BCUT2D eigenvalue weighted by atomic mass is 16.1. The van der Waals surface area contributed by atoms with E-state index in [1.54, 1.807) is 5.01 Å². The summed E-state index contributed by atoms with van der Waals surface area (Å²) in [7, 11) is 0. The minimum atomic E-state index is 0.560. The van der Waals surface area contributed by atoms with Gasteiger partial charge in [-0.2, -0.15) is 0 Å². The Hall–Kier alpha value is -2.91. The molecule has 0 aliphatic heterocycles. The Kier molecular flexibility index (Phi) is 5.96. The zero-order valence-corrected chi connectivity index (χ0v) is 14.2. The predicted molar refractivity (Wildman–Crippen MR) is 100 cm³/mol. The second-order valence-electron chi connectivity index (χ2n) is 5.98. The van der Waals surface area contributed by atoms with Crippen LogP contribution in [0.5, 0.6) is 0 Å². The van der Waals surface area contributed by atoms with Crippen molar-refractivity contribution in [3.8, 4) is 0 Å². The van der Waals surface area contributed by atoms with Crippen molar-refractivity contribution in [2.24, 2.45) is 0 Å². The van der Waals surface area contributed by atoms with Gasteiger partial charge in [-0.1, -0.05) is 91.0 Å². The molecule has 0 bridgehead atoms. The summed E-state index contributed by atoms with van der Waals surface area (Å²) in [4.78, 5) is 11.8. The molecular weight excluding hydrogens is 308 g/mol. The number of rotatable bonds is 8. The lowest BCUT2D eigenvalue weighted by Crippen LogP contribution is -2.40. The molecule has 3 rings (SSSR count). The van der Waals surface area contributed by atoms with Crippen molar-refractivity contribution in [1.29, 1.82) is 0 Å². The zero-order chi connectivity index (χ0) is 17.3. The lowest BCUT2D eigenvalue weighted by atomic mass is 10.2. The maximum absolute atomic E-state index is 11.8. The maximum atomic E-state index is 11.8. The van der Waals surface area contributed by atoms with Crippen LogP contribution in [0.3, 0.4) is 0 Å². The summed E-state index contributed by atoms with van der Waals surface area (Å²) in [5.74, 6) is 0. The lowest BCUT2D eigenvalue weighted by Gasteiger charge is -2.32. The number of nitrogens with zero attached hydrogens (tertiary/aromatic N) is 2. The smallest absolute Gasteiger partial charge is 0.224 e. The van der Waals surface area contributed by atoms with E-state index in [0.29, 0.717) is 19.6 Å². The molecule has 0 saturated heterocycles. The highest BCUT2D eigenvalue weighted by Gasteiger charge is 2.15. The first-order valence-electron chi connectivity index (χ1n) is 8.44. The van der Waals surface area contributed by atoms with Gasteiger partial charge in [0, 0.05) is 13.1 Å². The minimum absolute atomic E-state index is 0.560. The van der Waals surface area contributed by atoms with E-state index in [4.69, 9.17) is 0 Å². The number of amides is 1. The van der Waals surface area contributed by atoms with Crippen molar-refractivity contribution in [2.45, 2.75) is 19.6 Å². The number of carbonyl (C=O) groups excluding carboxylic acids is 1. The lowest BCUT2D eigenvalue weighted by molar-refractivity contribution is -0.138. The van der Waals surface area contributed by atoms with E-state index in [0.717, 1.165) is 12.0 Å². The average Bonchev–Trinajstić information content (AvgIpc) is 2.68. The summed E-state index contributed by atoms with van der Waals surface area (Å²) < 4.78 is 0. The number of benzene rings is 3. The average molecular weight is 330 g/mol. The van der Waals surface area contributed by atoms with Crippen molar-refractivity contribution in [1.82, 2.24) is 10.0 Å². The Morgan fingerprint density at radius 1 is 0.560 bits per heavy atom. The first-order chi connectivity index (χ1) is 12.3. The summed E-state index contributed by atoms with van der Waals surface area (Å²) in [6, 6.07) is 30.5. The Labute approximate surface area is 149 Å². The van der Waals surface area contributed by atoms with Gasteiger partial charge in [0.15, 0.2) is 0 Å². The molecule has 0 fully saturated rings. The molecule has 0 radical (unpaired) electrons. The van der Waals surface area contributed by atoms with Gasteiger partial charge in [-0.15, -0.1) is 0 Å². The van der Waals surface area contributed by atoms with Crippen LogP contribution < -0.4 is 0 Å². The van der Waals surface area contributed by atoms with E-state index >= 15 is 0 Å². The fourth-order valence-corrected chi connectivity index (χ4v) is 2.80. The SMILES string of the molecule is O=CN(Cc1ccccc1)N(Cc1ccccc1)Cc1ccccc1. The fourth-order valence-electron chi connectivity index (χ4n) is 2.80. The molecule has 1 amide bonds. The van der Waals surface area contributed by atoms with E-state index in [1.165, 1.54) is 11.1 Å². The molecule has 0 N–H and O–H groups in total. The minimum Gasteiger partial charge on any atom is -0.277 e. The van der Waals surface area contributed by atoms with Crippen LogP contribution in [0.4, 0.5) is 0 Å². The second-order valence-corrected chi connectivity index (χ2v) is 5.98. The summed E-state index contributed by atoms with van der Waals surface area (Å²) in [5.41, 5.74) is 3.47.